The number of amides is 1. The summed E-state index contributed by atoms with van der Waals surface area (Å²) in [6.45, 7) is 1.53. The second-order valence-electron chi connectivity index (χ2n) is 6.30. The minimum absolute atomic E-state index is 0.0638. The first kappa shape index (κ1) is 17.9. The number of hydrogen-bond donors (Lipinski definition) is 2. The Hall–Kier alpha value is -2.94. The smallest absolute Gasteiger partial charge is 0.311 e. The first-order valence-corrected chi connectivity index (χ1v) is 8.28. The predicted octanol–water partition coefficient (Wildman–Crippen LogP) is 0.956. The molecule has 0 aliphatic carbocycles. The van der Waals surface area contributed by atoms with Crippen LogP contribution in [-0.4, -0.2) is 40.8 Å². The van der Waals surface area contributed by atoms with E-state index >= 15 is 0 Å². The molecule has 0 unspecified atom stereocenters. The molecule has 138 valence electrons. The number of carbonyl (C=O) groups is 1. The third-order valence-electron chi connectivity index (χ3n) is 4.61. The SMILES string of the molecule is COc1ccc(CNC(=O)[C@H]2CNC[C@@H]2c2cnn(C)c2)cc1[N+](=O)[O-]. The Morgan fingerprint density at radius 1 is 1.50 bits per heavy atom. The highest BCUT2D eigenvalue weighted by molar-refractivity contribution is 5.80. The number of benzene rings is 1. The summed E-state index contributed by atoms with van der Waals surface area (Å²) >= 11 is 0. The summed E-state index contributed by atoms with van der Waals surface area (Å²) in [5.74, 6) is -0.0228. The van der Waals surface area contributed by atoms with Crippen molar-refractivity contribution in [1.82, 2.24) is 20.4 Å². The van der Waals surface area contributed by atoms with Gasteiger partial charge in [-0.05, 0) is 17.2 Å². The lowest BCUT2D eigenvalue weighted by atomic mass is 9.90. The number of nitro benzene ring substituents is 1. The molecule has 1 aliphatic heterocycles. The van der Waals surface area contributed by atoms with E-state index in [1.807, 2.05) is 13.2 Å². The summed E-state index contributed by atoms with van der Waals surface area (Å²) in [6, 6.07) is 4.66. The lowest BCUT2D eigenvalue weighted by Gasteiger charge is -2.17. The van der Waals surface area contributed by atoms with Gasteiger partial charge in [0, 0.05) is 44.9 Å². The minimum atomic E-state index is -0.497. The zero-order valence-corrected chi connectivity index (χ0v) is 14.6. The number of ether oxygens (including phenoxy) is 1. The van der Waals surface area contributed by atoms with E-state index in [1.54, 1.807) is 16.9 Å². The van der Waals surface area contributed by atoms with Crippen LogP contribution >= 0.6 is 0 Å². The summed E-state index contributed by atoms with van der Waals surface area (Å²) in [6.07, 6.45) is 3.70. The monoisotopic (exact) mass is 359 g/mol. The van der Waals surface area contributed by atoms with Crippen LogP contribution in [-0.2, 0) is 18.4 Å². The second kappa shape index (κ2) is 7.52. The molecule has 2 atom stereocenters. The molecule has 1 saturated heterocycles. The van der Waals surface area contributed by atoms with Crippen LogP contribution in [0.2, 0.25) is 0 Å². The number of methoxy groups -OCH3 is 1. The molecule has 9 nitrogen and oxygen atoms in total. The van der Waals surface area contributed by atoms with Crippen molar-refractivity contribution in [3.63, 3.8) is 0 Å². The molecule has 0 bridgehead atoms. The molecule has 1 fully saturated rings. The van der Waals surface area contributed by atoms with Gasteiger partial charge in [0.25, 0.3) is 0 Å². The zero-order valence-electron chi connectivity index (χ0n) is 14.6. The molecule has 0 radical (unpaired) electrons. The Kier molecular flexibility index (Phi) is 5.17. The third kappa shape index (κ3) is 3.67. The topological polar surface area (TPSA) is 111 Å². The molecule has 2 N–H and O–H groups in total. The fourth-order valence-electron chi connectivity index (χ4n) is 3.24. The van der Waals surface area contributed by atoms with Gasteiger partial charge in [0.2, 0.25) is 5.91 Å². The van der Waals surface area contributed by atoms with Gasteiger partial charge in [-0.15, -0.1) is 0 Å². The number of nitro groups is 1. The molecular weight excluding hydrogens is 338 g/mol. The molecule has 1 aliphatic rings. The van der Waals surface area contributed by atoms with Crippen LogP contribution < -0.4 is 15.4 Å². The fraction of sp³-hybridized carbons (Fsp3) is 0.412. The Balaban J connectivity index is 1.67. The molecule has 1 aromatic heterocycles. The number of carbonyl (C=O) groups excluding carboxylic acids is 1. The molecule has 9 heteroatoms. The van der Waals surface area contributed by atoms with Gasteiger partial charge in [-0.25, -0.2) is 0 Å². The zero-order chi connectivity index (χ0) is 18.7. The van der Waals surface area contributed by atoms with Gasteiger partial charge >= 0.3 is 5.69 Å². The second-order valence-corrected chi connectivity index (χ2v) is 6.30. The maximum atomic E-state index is 12.6. The van der Waals surface area contributed by atoms with Crippen molar-refractivity contribution in [1.29, 1.82) is 0 Å². The number of nitrogens with zero attached hydrogens (tertiary/aromatic N) is 3. The summed E-state index contributed by atoms with van der Waals surface area (Å²) < 4.78 is 6.71. The molecule has 0 saturated carbocycles. The van der Waals surface area contributed by atoms with Crippen molar-refractivity contribution in [2.45, 2.75) is 12.5 Å². The third-order valence-corrected chi connectivity index (χ3v) is 4.61. The molecule has 26 heavy (non-hydrogen) atoms. The summed E-state index contributed by atoms with van der Waals surface area (Å²) in [7, 11) is 3.23. The molecule has 1 aromatic carbocycles. The van der Waals surface area contributed by atoms with Gasteiger partial charge in [-0.2, -0.15) is 5.10 Å². The van der Waals surface area contributed by atoms with E-state index < -0.39 is 4.92 Å². The van der Waals surface area contributed by atoms with Crippen LogP contribution in [0.15, 0.2) is 30.6 Å². The van der Waals surface area contributed by atoms with E-state index in [2.05, 4.69) is 15.7 Å². The van der Waals surface area contributed by atoms with E-state index in [0.717, 1.165) is 12.1 Å². The quantitative estimate of drug-likeness (QED) is 0.587. The van der Waals surface area contributed by atoms with Gasteiger partial charge in [0.1, 0.15) is 0 Å². The van der Waals surface area contributed by atoms with Crippen molar-refractivity contribution in [2.75, 3.05) is 20.2 Å². The largest absolute Gasteiger partial charge is 0.490 e. The van der Waals surface area contributed by atoms with Crippen molar-refractivity contribution >= 4 is 11.6 Å². The number of hydrogen-bond acceptors (Lipinski definition) is 6. The van der Waals surface area contributed by atoms with Gasteiger partial charge < -0.3 is 15.4 Å². The molecule has 2 heterocycles. The first-order chi connectivity index (χ1) is 12.5. The van der Waals surface area contributed by atoms with Crippen LogP contribution in [0.1, 0.15) is 17.0 Å². The standard InChI is InChI=1S/C17H21N5O4/c1-21-10-12(7-20-21)13-8-18-9-14(13)17(23)19-6-11-3-4-16(26-2)15(5-11)22(24)25/h3-5,7,10,13-14,18H,6,8-9H2,1-2H3,(H,19,23)/t13-,14+/m1/s1. The van der Waals surface area contributed by atoms with Gasteiger partial charge in [0.05, 0.1) is 24.1 Å². The lowest BCUT2D eigenvalue weighted by Crippen LogP contribution is -2.33. The van der Waals surface area contributed by atoms with Crippen LogP contribution in [0.4, 0.5) is 5.69 Å². The maximum absolute atomic E-state index is 12.6. The van der Waals surface area contributed by atoms with E-state index in [0.29, 0.717) is 12.1 Å². The van der Waals surface area contributed by atoms with Gasteiger partial charge in [-0.1, -0.05) is 6.07 Å². The number of aromatic nitrogens is 2. The molecule has 3 rings (SSSR count). The van der Waals surface area contributed by atoms with E-state index in [-0.39, 0.29) is 35.7 Å². The lowest BCUT2D eigenvalue weighted by molar-refractivity contribution is -0.385. The molecule has 0 spiro atoms. The van der Waals surface area contributed by atoms with Crippen molar-refractivity contribution in [3.8, 4) is 5.75 Å². The first-order valence-electron chi connectivity index (χ1n) is 8.28. The number of rotatable bonds is 6. The number of nitrogens with one attached hydrogen (secondary N) is 2. The highest BCUT2D eigenvalue weighted by Crippen LogP contribution is 2.29. The predicted molar refractivity (Wildman–Crippen MR) is 93.8 cm³/mol. The minimum Gasteiger partial charge on any atom is -0.490 e. The number of aryl methyl sites for hydroxylation is 1. The summed E-state index contributed by atoms with van der Waals surface area (Å²) in [4.78, 5) is 23.2. The normalized spacial score (nSPS) is 19.3. The van der Waals surface area contributed by atoms with Crippen LogP contribution in [0.5, 0.6) is 5.75 Å². The summed E-state index contributed by atoms with van der Waals surface area (Å²) in [5.41, 5.74) is 1.56. The van der Waals surface area contributed by atoms with E-state index in [4.69, 9.17) is 4.74 Å². The van der Waals surface area contributed by atoms with Crippen molar-refractivity contribution < 1.29 is 14.5 Å². The average Bonchev–Trinajstić information content (AvgIpc) is 3.28. The Bertz CT molecular complexity index is 819. The van der Waals surface area contributed by atoms with Crippen molar-refractivity contribution in [3.05, 3.63) is 51.8 Å². The van der Waals surface area contributed by atoms with Crippen LogP contribution in [0.3, 0.4) is 0 Å². The highest BCUT2D eigenvalue weighted by atomic mass is 16.6. The maximum Gasteiger partial charge on any atom is 0.311 e. The highest BCUT2D eigenvalue weighted by Gasteiger charge is 2.34. The summed E-state index contributed by atoms with van der Waals surface area (Å²) in [5, 5.41) is 21.4. The Morgan fingerprint density at radius 2 is 2.31 bits per heavy atom. The molecular formula is C17H21N5O4. The average molecular weight is 359 g/mol. The molecule has 2 aromatic rings. The Morgan fingerprint density at radius 3 is 2.96 bits per heavy atom. The van der Waals surface area contributed by atoms with Gasteiger partial charge in [0.15, 0.2) is 5.75 Å². The Labute approximate surface area is 150 Å². The van der Waals surface area contributed by atoms with E-state index in [9.17, 15) is 14.9 Å². The van der Waals surface area contributed by atoms with Crippen LogP contribution in [0, 0.1) is 16.0 Å². The van der Waals surface area contributed by atoms with Crippen molar-refractivity contribution in [2.24, 2.45) is 13.0 Å². The van der Waals surface area contributed by atoms with Gasteiger partial charge in [-0.3, -0.25) is 19.6 Å². The van der Waals surface area contributed by atoms with Crippen LogP contribution in [0.25, 0.3) is 0 Å². The fourth-order valence-corrected chi connectivity index (χ4v) is 3.24. The molecule has 1 amide bonds. The van der Waals surface area contributed by atoms with E-state index in [1.165, 1.54) is 19.2 Å².